The molecule has 0 heterocycles. The number of hydrogen-bond donors (Lipinski definition) is 1. The average Bonchev–Trinajstić information content (AvgIpc) is 2.28. The van der Waals surface area contributed by atoms with E-state index in [1.54, 1.807) is 0 Å². The van der Waals surface area contributed by atoms with E-state index in [1.165, 1.54) is 18.2 Å². The lowest BCUT2D eigenvalue weighted by Crippen LogP contribution is -2.41. The van der Waals surface area contributed by atoms with E-state index in [9.17, 15) is 8.78 Å². The molecule has 0 amide bonds. The van der Waals surface area contributed by atoms with Crippen molar-refractivity contribution in [3.8, 4) is 0 Å². The van der Waals surface area contributed by atoms with Crippen molar-refractivity contribution >= 4 is 0 Å². The summed E-state index contributed by atoms with van der Waals surface area (Å²) in [4.78, 5) is 0. The molecular formula is C14H21F2N. The van der Waals surface area contributed by atoms with Crippen LogP contribution in [0, 0.1) is 17.0 Å². The number of halogens is 2. The zero-order valence-corrected chi connectivity index (χ0v) is 11.0. The van der Waals surface area contributed by atoms with Gasteiger partial charge in [0.05, 0.1) is 0 Å². The summed E-state index contributed by atoms with van der Waals surface area (Å²) in [7, 11) is 1.83. The third-order valence-electron chi connectivity index (χ3n) is 3.67. The van der Waals surface area contributed by atoms with E-state index in [4.69, 9.17) is 0 Å². The second-order valence-corrected chi connectivity index (χ2v) is 5.09. The van der Waals surface area contributed by atoms with Gasteiger partial charge in [-0.25, -0.2) is 8.78 Å². The minimum absolute atomic E-state index is 0.00344. The largest absolute Gasteiger partial charge is 0.316 e. The van der Waals surface area contributed by atoms with Crippen molar-refractivity contribution in [2.75, 3.05) is 7.05 Å². The summed E-state index contributed by atoms with van der Waals surface area (Å²) in [5.74, 6) is -0.922. The van der Waals surface area contributed by atoms with E-state index in [0.29, 0.717) is 6.42 Å². The molecule has 1 N–H and O–H groups in total. The Morgan fingerprint density at radius 3 is 2.18 bits per heavy atom. The summed E-state index contributed by atoms with van der Waals surface area (Å²) in [6.07, 6.45) is 1.32. The number of nitrogens with one attached hydrogen (secondary N) is 1. The summed E-state index contributed by atoms with van der Waals surface area (Å²) in [5, 5.41) is 3.16. The minimum Gasteiger partial charge on any atom is -0.316 e. The maximum Gasteiger partial charge on any atom is 0.129 e. The first-order valence-electron chi connectivity index (χ1n) is 6.02. The second kappa shape index (κ2) is 5.58. The third-order valence-corrected chi connectivity index (χ3v) is 3.67. The molecule has 1 rings (SSSR count). The Morgan fingerprint density at radius 2 is 1.76 bits per heavy atom. The molecule has 0 saturated carbocycles. The molecule has 0 radical (unpaired) electrons. The van der Waals surface area contributed by atoms with Crippen LogP contribution in [-0.4, -0.2) is 13.1 Å². The fourth-order valence-corrected chi connectivity index (χ4v) is 1.95. The predicted octanol–water partition coefficient (Wildman–Crippen LogP) is 3.53. The maximum absolute atomic E-state index is 13.6. The minimum atomic E-state index is -0.461. The Bertz CT molecular complexity index is 354. The quantitative estimate of drug-likeness (QED) is 0.831. The molecule has 96 valence electrons. The van der Waals surface area contributed by atoms with Crippen molar-refractivity contribution in [2.45, 2.75) is 39.7 Å². The summed E-state index contributed by atoms with van der Waals surface area (Å²) in [6.45, 7) is 6.29. The number of rotatable bonds is 5. The third kappa shape index (κ3) is 3.25. The van der Waals surface area contributed by atoms with Crippen LogP contribution in [0.15, 0.2) is 18.2 Å². The van der Waals surface area contributed by atoms with Gasteiger partial charge in [0.2, 0.25) is 0 Å². The monoisotopic (exact) mass is 241 g/mol. The van der Waals surface area contributed by atoms with Gasteiger partial charge in [0.25, 0.3) is 0 Å². The van der Waals surface area contributed by atoms with Crippen LogP contribution < -0.4 is 5.32 Å². The molecule has 1 aromatic carbocycles. The molecule has 0 aromatic heterocycles. The van der Waals surface area contributed by atoms with E-state index in [0.717, 1.165) is 6.42 Å². The zero-order chi connectivity index (χ0) is 13.1. The van der Waals surface area contributed by atoms with Crippen molar-refractivity contribution in [3.05, 3.63) is 35.4 Å². The molecule has 0 saturated heterocycles. The lowest BCUT2D eigenvalue weighted by Gasteiger charge is -2.33. The molecule has 1 nitrogen and oxygen atoms in total. The lowest BCUT2D eigenvalue weighted by molar-refractivity contribution is 0.237. The van der Waals surface area contributed by atoms with Crippen molar-refractivity contribution in [2.24, 2.45) is 5.41 Å². The molecule has 1 unspecified atom stereocenters. The SMILES string of the molecule is CCC(C)(C)C(Cc1c(F)cccc1F)NC. The maximum atomic E-state index is 13.6. The van der Waals surface area contributed by atoms with Crippen LogP contribution in [0.3, 0.4) is 0 Å². The van der Waals surface area contributed by atoms with Crippen molar-refractivity contribution in [1.29, 1.82) is 0 Å². The summed E-state index contributed by atoms with van der Waals surface area (Å²) in [5.41, 5.74) is 0.178. The fourth-order valence-electron chi connectivity index (χ4n) is 1.95. The van der Waals surface area contributed by atoms with Gasteiger partial charge in [-0.2, -0.15) is 0 Å². The molecule has 0 aliphatic heterocycles. The Morgan fingerprint density at radius 1 is 1.24 bits per heavy atom. The Hall–Kier alpha value is -0.960. The van der Waals surface area contributed by atoms with Gasteiger partial charge < -0.3 is 5.32 Å². The molecule has 1 aromatic rings. The fraction of sp³-hybridized carbons (Fsp3) is 0.571. The average molecular weight is 241 g/mol. The highest BCUT2D eigenvalue weighted by molar-refractivity contribution is 5.21. The van der Waals surface area contributed by atoms with E-state index < -0.39 is 11.6 Å². The van der Waals surface area contributed by atoms with Crippen molar-refractivity contribution in [3.63, 3.8) is 0 Å². The highest BCUT2D eigenvalue weighted by atomic mass is 19.1. The topological polar surface area (TPSA) is 12.0 Å². The van der Waals surface area contributed by atoms with Gasteiger partial charge in [-0.1, -0.05) is 26.8 Å². The molecule has 0 spiro atoms. The van der Waals surface area contributed by atoms with E-state index in [-0.39, 0.29) is 17.0 Å². The van der Waals surface area contributed by atoms with Gasteiger partial charge in [0, 0.05) is 11.6 Å². The molecule has 17 heavy (non-hydrogen) atoms. The van der Waals surface area contributed by atoms with Crippen LogP contribution in [0.4, 0.5) is 8.78 Å². The van der Waals surface area contributed by atoms with E-state index in [2.05, 4.69) is 26.1 Å². The highest BCUT2D eigenvalue weighted by Crippen LogP contribution is 2.28. The number of benzene rings is 1. The van der Waals surface area contributed by atoms with Gasteiger partial charge in [-0.3, -0.25) is 0 Å². The highest BCUT2D eigenvalue weighted by Gasteiger charge is 2.28. The predicted molar refractivity (Wildman–Crippen MR) is 67.0 cm³/mol. The number of hydrogen-bond acceptors (Lipinski definition) is 1. The van der Waals surface area contributed by atoms with Crippen LogP contribution >= 0.6 is 0 Å². The van der Waals surface area contributed by atoms with E-state index in [1.807, 2.05) is 7.05 Å². The lowest BCUT2D eigenvalue weighted by atomic mass is 9.79. The first kappa shape index (κ1) is 14.1. The van der Waals surface area contributed by atoms with Gasteiger partial charge in [-0.05, 0) is 37.4 Å². The summed E-state index contributed by atoms with van der Waals surface area (Å²) < 4.78 is 27.1. The van der Waals surface area contributed by atoms with Gasteiger partial charge >= 0.3 is 0 Å². The second-order valence-electron chi connectivity index (χ2n) is 5.09. The zero-order valence-electron chi connectivity index (χ0n) is 11.0. The number of likely N-dealkylation sites (N-methyl/N-ethyl adjacent to an activating group) is 1. The van der Waals surface area contributed by atoms with Crippen LogP contribution in [0.2, 0.25) is 0 Å². The molecule has 3 heteroatoms. The summed E-state index contributed by atoms with van der Waals surface area (Å²) in [6, 6.07) is 4.07. The molecule has 0 aliphatic rings. The van der Waals surface area contributed by atoms with Gasteiger partial charge in [-0.15, -0.1) is 0 Å². The first-order chi connectivity index (χ1) is 7.92. The Balaban J connectivity index is 2.96. The molecule has 1 atom stereocenters. The molecule has 0 aliphatic carbocycles. The van der Waals surface area contributed by atoms with Gasteiger partial charge in [0.15, 0.2) is 0 Å². The molecule has 0 bridgehead atoms. The molecule has 0 fully saturated rings. The van der Waals surface area contributed by atoms with Crippen molar-refractivity contribution < 1.29 is 8.78 Å². The van der Waals surface area contributed by atoms with Crippen LogP contribution in [0.25, 0.3) is 0 Å². The van der Waals surface area contributed by atoms with Crippen LogP contribution in [0.5, 0.6) is 0 Å². The first-order valence-corrected chi connectivity index (χ1v) is 6.02. The van der Waals surface area contributed by atoms with E-state index >= 15 is 0 Å². The molecular weight excluding hydrogens is 220 g/mol. The standard InChI is InChI=1S/C14H21F2N/c1-5-14(2,3)13(17-4)9-10-11(15)7-6-8-12(10)16/h6-8,13,17H,5,9H2,1-4H3. The van der Waals surface area contributed by atoms with Crippen LogP contribution in [0.1, 0.15) is 32.8 Å². The van der Waals surface area contributed by atoms with Crippen molar-refractivity contribution in [1.82, 2.24) is 5.32 Å². The Labute approximate surface area is 102 Å². The van der Waals surface area contributed by atoms with Gasteiger partial charge in [0.1, 0.15) is 11.6 Å². The summed E-state index contributed by atoms with van der Waals surface area (Å²) >= 11 is 0. The smallest absolute Gasteiger partial charge is 0.129 e. The van der Waals surface area contributed by atoms with Crippen LogP contribution in [-0.2, 0) is 6.42 Å². The normalized spacial score (nSPS) is 13.8. The Kier molecular flexibility index (Phi) is 4.63.